The van der Waals surface area contributed by atoms with Crippen LogP contribution >= 0.6 is 0 Å². The number of anilines is 1. The molecule has 0 radical (unpaired) electrons. The van der Waals surface area contributed by atoms with Crippen LogP contribution in [0.3, 0.4) is 0 Å². The molecule has 0 heterocycles. The minimum atomic E-state index is 0.865. The number of hydrogen-bond donors (Lipinski definition) is 1. The van der Waals surface area contributed by atoms with E-state index in [2.05, 4.69) is 92.1 Å². The second-order valence-corrected chi connectivity index (χ2v) is 7.09. The molecule has 0 amide bonds. The molecule has 0 saturated heterocycles. The van der Waals surface area contributed by atoms with E-state index < -0.39 is 0 Å². The van der Waals surface area contributed by atoms with Crippen molar-refractivity contribution in [2.75, 3.05) is 5.43 Å². The fraction of sp³-hybridized carbons (Fsp3) is 0.160. The van der Waals surface area contributed by atoms with E-state index in [1.165, 1.54) is 27.5 Å². The predicted octanol–water partition coefficient (Wildman–Crippen LogP) is 6.71. The summed E-state index contributed by atoms with van der Waals surface area (Å²) >= 11 is 0. The molecule has 1 N–H and O–H groups in total. The zero-order chi connectivity index (χ0) is 18.6. The maximum Gasteiger partial charge on any atom is 0.0720 e. The summed E-state index contributed by atoms with van der Waals surface area (Å²) in [6.07, 6.45) is 4.20. The fourth-order valence-electron chi connectivity index (χ4n) is 3.50. The molecular formula is C25H24N2. The Morgan fingerprint density at radius 1 is 0.889 bits per heavy atom. The Morgan fingerprint density at radius 3 is 2.37 bits per heavy atom. The number of benzene rings is 3. The van der Waals surface area contributed by atoms with Crippen LogP contribution < -0.4 is 5.43 Å². The standard InChI is InChI=1S/C25H24N2/c1-18-12-13-22(19(18)2)17-25(21-9-4-3-5-10-21)27-26-24-15-14-20-8-6-7-11-23(20)16-24/h3-12,14-16,26H,13,17H2,1-2H3. The topological polar surface area (TPSA) is 24.4 Å². The SMILES string of the molecule is CC1=CCC(CC(=NNc2ccc3ccccc3c2)c2ccccc2)=C1C. The first kappa shape index (κ1) is 17.3. The molecule has 0 aromatic heterocycles. The minimum absolute atomic E-state index is 0.865. The van der Waals surface area contributed by atoms with E-state index in [0.29, 0.717) is 0 Å². The second-order valence-electron chi connectivity index (χ2n) is 7.09. The van der Waals surface area contributed by atoms with E-state index in [4.69, 9.17) is 5.10 Å². The first-order valence-corrected chi connectivity index (χ1v) is 9.43. The maximum atomic E-state index is 4.80. The molecule has 0 atom stereocenters. The molecule has 2 nitrogen and oxygen atoms in total. The van der Waals surface area contributed by atoms with Gasteiger partial charge in [-0.15, -0.1) is 0 Å². The van der Waals surface area contributed by atoms with Crippen molar-refractivity contribution >= 4 is 22.2 Å². The average molecular weight is 352 g/mol. The van der Waals surface area contributed by atoms with Crippen LogP contribution in [0.15, 0.2) is 101 Å². The average Bonchev–Trinajstić information content (AvgIpc) is 3.03. The van der Waals surface area contributed by atoms with Crippen LogP contribution in [0.25, 0.3) is 10.8 Å². The van der Waals surface area contributed by atoms with E-state index in [-0.39, 0.29) is 0 Å². The molecule has 0 fully saturated rings. The summed E-state index contributed by atoms with van der Waals surface area (Å²) in [6.45, 7) is 4.41. The van der Waals surface area contributed by atoms with Crippen molar-refractivity contribution < 1.29 is 0 Å². The van der Waals surface area contributed by atoms with Crippen molar-refractivity contribution in [1.82, 2.24) is 0 Å². The van der Waals surface area contributed by atoms with Gasteiger partial charge in [0, 0.05) is 6.42 Å². The van der Waals surface area contributed by atoms with Gasteiger partial charge >= 0.3 is 0 Å². The third-order valence-corrected chi connectivity index (χ3v) is 5.33. The van der Waals surface area contributed by atoms with Crippen molar-refractivity contribution in [3.05, 3.63) is 101 Å². The molecule has 1 aliphatic carbocycles. The monoisotopic (exact) mass is 352 g/mol. The lowest BCUT2D eigenvalue weighted by Gasteiger charge is -2.11. The summed E-state index contributed by atoms with van der Waals surface area (Å²) < 4.78 is 0. The molecule has 3 aromatic carbocycles. The van der Waals surface area contributed by atoms with Gasteiger partial charge in [0.1, 0.15) is 0 Å². The first-order chi connectivity index (χ1) is 13.2. The van der Waals surface area contributed by atoms with Gasteiger partial charge in [0.05, 0.1) is 11.4 Å². The highest BCUT2D eigenvalue weighted by atomic mass is 15.3. The van der Waals surface area contributed by atoms with E-state index in [9.17, 15) is 0 Å². The van der Waals surface area contributed by atoms with Crippen LogP contribution in [0, 0.1) is 0 Å². The first-order valence-electron chi connectivity index (χ1n) is 9.43. The number of fused-ring (bicyclic) bond motifs is 1. The van der Waals surface area contributed by atoms with E-state index in [1.54, 1.807) is 0 Å². The third-order valence-electron chi connectivity index (χ3n) is 5.33. The lowest BCUT2D eigenvalue weighted by molar-refractivity contribution is 1.12. The number of nitrogens with one attached hydrogen (secondary N) is 1. The van der Waals surface area contributed by atoms with Crippen LogP contribution in [0.2, 0.25) is 0 Å². The predicted molar refractivity (Wildman–Crippen MR) is 116 cm³/mol. The third kappa shape index (κ3) is 3.85. The number of rotatable bonds is 5. The Morgan fingerprint density at radius 2 is 1.63 bits per heavy atom. The number of hydrogen-bond acceptors (Lipinski definition) is 2. The quantitative estimate of drug-likeness (QED) is 0.400. The Labute approximate surface area is 160 Å². The Kier molecular flexibility index (Phi) is 4.88. The number of allylic oxidation sites excluding steroid dienone is 4. The summed E-state index contributed by atoms with van der Waals surface area (Å²) in [5.74, 6) is 0. The van der Waals surface area contributed by atoms with Crippen molar-refractivity contribution in [3.63, 3.8) is 0 Å². The number of nitrogens with zero attached hydrogens (tertiary/aromatic N) is 1. The van der Waals surface area contributed by atoms with Crippen molar-refractivity contribution in [2.24, 2.45) is 5.10 Å². The van der Waals surface area contributed by atoms with Crippen molar-refractivity contribution in [3.8, 4) is 0 Å². The summed E-state index contributed by atoms with van der Waals surface area (Å²) in [6, 6.07) is 25.2. The van der Waals surface area contributed by atoms with Gasteiger partial charge in [-0.2, -0.15) is 5.10 Å². The van der Waals surface area contributed by atoms with Crippen LogP contribution in [0.1, 0.15) is 32.3 Å². The Hall–Kier alpha value is -3.13. The van der Waals surface area contributed by atoms with Crippen LogP contribution in [-0.4, -0.2) is 5.71 Å². The maximum absolute atomic E-state index is 4.80. The molecule has 0 unspecified atom stereocenters. The number of hydrazone groups is 1. The van der Waals surface area contributed by atoms with Gasteiger partial charge in [0.15, 0.2) is 0 Å². The van der Waals surface area contributed by atoms with Gasteiger partial charge < -0.3 is 0 Å². The molecule has 3 aromatic rings. The molecule has 0 spiro atoms. The summed E-state index contributed by atoms with van der Waals surface area (Å²) in [5, 5.41) is 7.26. The molecule has 0 saturated carbocycles. The van der Waals surface area contributed by atoms with Gasteiger partial charge in [-0.25, -0.2) is 0 Å². The van der Waals surface area contributed by atoms with Gasteiger partial charge in [0.25, 0.3) is 0 Å². The van der Waals surface area contributed by atoms with E-state index in [0.717, 1.165) is 29.8 Å². The van der Waals surface area contributed by atoms with Crippen molar-refractivity contribution in [1.29, 1.82) is 0 Å². The molecule has 134 valence electrons. The van der Waals surface area contributed by atoms with Gasteiger partial charge in [-0.1, -0.05) is 77.9 Å². The van der Waals surface area contributed by atoms with E-state index in [1.807, 2.05) is 6.07 Å². The lowest BCUT2D eigenvalue weighted by atomic mass is 9.99. The second kappa shape index (κ2) is 7.63. The highest BCUT2D eigenvalue weighted by Gasteiger charge is 2.14. The fourth-order valence-corrected chi connectivity index (χ4v) is 3.50. The molecule has 27 heavy (non-hydrogen) atoms. The summed E-state index contributed by atoms with van der Waals surface area (Å²) in [5.41, 5.74) is 10.8. The van der Waals surface area contributed by atoms with Gasteiger partial charge in [-0.05, 0) is 54.3 Å². The zero-order valence-electron chi connectivity index (χ0n) is 15.9. The zero-order valence-corrected chi connectivity index (χ0v) is 15.9. The molecular weight excluding hydrogens is 328 g/mol. The smallest absolute Gasteiger partial charge is 0.0720 e. The highest BCUT2D eigenvalue weighted by molar-refractivity contribution is 6.02. The minimum Gasteiger partial charge on any atom is -0.278 e. The largest absolute Gasteiger partial charge is 0.278 e. The van der Waals surface area contributed by atoms with Crippen molar-refractivity contribution in [2.45, 2.75) is 26.7 Å². The summed E-state index contributed by atoms with van der Waals surface area (Å²) in [7, 11) is 0. The molecule has 1 aliphatic rings. The molecule has 2 heteroatoms. The van der Waals surface area contributed by atoms with Gasteiger partial charge in [0.2, 0.25) is 0 Å². The normalized spacial score (nSPS) is 14.6. The molecule has 4 rings (SSSR count). The Balaban J connectivity index is 1.63. The molecule has 0 aliphatic heterocycles. The summed E-state index contributed by atoms with van der Waals surface area (Å²) in [4.78, 5) is 0. The van der Waals surface area contributed by atoms with Crippen LogP contribution in [0.4, 0.5) is 5.69 Å². The molecule has 0 bridgehead atoms. The van der Waals surface area contributed by atoms with Crippen LogP contribution in [-0.2, 0) is 0 Å². The van der Waals surface area contributed by atoms with E-state index >= 15 is 0 Å². The lowest BCUT2D eigenvalue weighted by Crippen LogP contribution is -2.06. The Bertz CT molecular complexity index is 1060. The van der Waals surface area contributed by atoms with Gasteiger partial charge in [-0.3, -0.25) is 5.43 Å². The highest BCUT2D eigenvalue weighted by Crippen LogP contribution is 2.29. The van der Waals surface area contributed by atoms with Crippen LogP contribution in [0.5, 0.6) is 0 Å².